The number of anilines is 1. The smallest absolute Gasteiger partial charge is 0.293 e. The van der Waals surface area contributed by atoms with E-state index >= 15 is 0 Å². The van der Waals surface area contributed by atoms with Crippen LogP contribution in [0.15, 0.2) is 24.3 Å². The fourth-order valence-electron chi connectivity index (χ4n) is 2.16. The molecule has 1 fully saturated rings. The van der Waals surface area contributed by atoms with E-state index in [0.717, 1.165) is 23.7 Å². The molecule has 0 spiro atoms. The molecule has 2 heterocycles. The maximum absolute atomic E-state index is 12.2. The lowest BCUT2D eigenvalue weighted by Crippen LogP contribution is -2.35. The lowest BCUT2D eigenvalue weighted by atomic mass is 10.2. The molecule has 5 nitrogen and oxygen atoms in total. The van der Waals surface area contributed by atoms with Gasteiger partial charge in [-0.05, 0) is 37.1 Å². The van der Waals surface area contributed by atoms with E-state index in [9.17, 15) is 4.79 Å². The highest BCUT2D eigenvalue weighted by Crippen LogP contribution is 2.20. The Kier molecular flexibility index (Phi) is 2.68. The number of amides is 1. The van der Waals surface area contributed by atoms with Gasteiger partial charge in [0, 0.05) is 23.1 Å². The Morgan fingerprint density at radius 1 is 1.33 bits per heavy atom. The van der Waals surface area contributed by atoms with Gasteiger partial charge in [0.15, 0.2) is 0 Å². The third-order valence-electron chi connectivity index (χ3n) is 3.10. The van der Waals surface area contributed by atoms with E-state index in [2.05, 4.69) is 4.98 Å². The first-order valence-electron chi connectivity index (χ1n) is 6.07. The summed E-state index contributed by atoms with van der Waals surface area (Å²) in [5.74, 6) is -0.121. The van der Waals surface area contributed by atoms with Gasteiger partial charge < -0.3 is 10.7 Å². The molecule has 3 N–H and O–H groups in total. The zero-order valence-corrected chi connectivity index (χ0v) is 9.98. The van der Waals surface area contributed by atoms with Gasteiger partial charge in [-0.2, -0.15) is 0 Å². The van der Waals surface area contributed by atoms with Crippen molar-refractivity contribution in [2.45, 2.75) is 12.8 Å². The summed E-state index contributed by atoms with van der Waals surface area (Å²) in [4.78, 5) is 20.6. The minimum atomic E-state index is -0.121. The molecule has 1 amide bonds. The van der Waals surface area contributed by atoms with E-state index < -0.39 is 0 Å². The van der Waals surface area contributed by atoms with Crippen LogP contribution >= 0.6 is 0 Å². The second-order valence-corrected chi connectivity index (χ2v) is 4.48. The van der Waals surface area contributed by atoms with Crippen LogP contribution in [0.1, 0.15) is 23.3 Å². The zero-order valence-electron chi connectivity index (χ0n) is 9.98. The highest BCUT2D eigenvalue weighted by molar-refractivity contribution is 5.98. The number of carbonyl (C=O) groups is 1. The number of nitrogens with two attached hydrogens (primary N) is 1. The Balaban J connectivity index is 1.91. The van der Waals surface area contributed by atoms with Crippen molar-refractivity contribution in [3.8, 4) is 0 Å². The monoisotopic (exact) mass is 245 g/mol. The fourth-order valence-corrected chi connectivity index (χ4v) is 2.16. The van der Waals surface area contributed by atoms with Gasteiger partial charge in [-0.3, -0.25) is 9.63 Å². The molecule has 0 unspecified atom stereocenters. The van der Waals surface area contributed by atoms with Gasteiger partial charge in [0.25, 0.3) is 5.91 Å². The fraction of sp³-hybridized carbons (Fsp3) is 0.308. The molecule has 1 aromatic carbocycles. The molecule has 1 aromatic heterocycles. The van der Waals surface area contributed by atoms with Crippen LogP contribution in [0.3, 0.4) is 0 Å². The minimum Gasteiger partial charge on any atom is -0.399 e. The molecule has 2 aromatic rings. The van der Waals surface area contributed by atoms with Gasteiger partial charge in [0.2, 0.25) is 0 Å². The van der Waals surface area contributed by atoms with E-state index in [1.165, 1.54) is 5.06 Å². The summed E-state index contributed by atoms with van der Waals surface area (Å²) in [6, 6.07) is 7.34. The molecule has 0 saturated carbocycles. The van der Waals surface area contributed by atoms with Gasteiger partial charge in [-0.25, -0.2) is 5.06 Å². The predicted octanol–water partition coefficient (Wildman–Crippen LogP) is 1.92. The number of hydrogen-bond acceptors (Lipinski definition) is 3. The van der Waals surface area contributed by atoms with E-state index in [4.69, 9.17) is 10.6 Å². The number of nitrogen functional groups attached to an aromatic ring is 1. The Morgan fingerprint density at radius 3 is 3.00 bits per heavy atom. The van der Waals surface area contributed by atoms with Crippen LogP contribution in [0, 0.1) is 0 Å². The molecule has 1 saturated heterocycles. The van der Waals surface area contributed by atoms with Gasteiger partial charge in [0.1, 0.15) is 5.69 Å². The molecule has 1 aliphatic rings. The zero-order chi connectivity index (χ0) is 12.5. The van der Waals surface area contributed by atoms with Crippen LogP contribution in [0.5, 0.6) is 0 Å². The molecule has 0 aliphatic carbocycles. The number of rotatable bonds is 1. The van der Waals surface area contributed by atoms with Crippen LogP contribution in [0.25, 0.3) is 10.9 Å². The number of hydrogen-bond donors (Lipinski definition) is 2. The van der Waals surface area contributed by atoms with Gasteiger partial charge in [-0.15, -0.1) is 0 Å². The largest absolute Gasteiger partial charge is 0.399 e. The second kappa shape index (κ2) is 4.34. The summed E-state index contributed by atoms with van der Waals surface area (Å²) in [6.45, 7) is 1.26. The van der Waals surface area contributed by atoms with Crippen LogP contribution in [0.2, 0.25) is 0 Å². The summed E-state index contributed by atoms with van der Waals surface area (Å²) in [6.07, 6.45) is 1.99. The van der Waals surface area contributed by atoms with Crippen molar-refractivity contribution in [2.75, 3.05) is 18.9 Å². The molecule has 3 rings (SSSR count). The number of carbonyl (C=O) groups excluding carboxylic acids is 1. The first-order chi connectivity index (χ1) is 8.74. The average molecular weight is 245 g/mol. The molecule has 0 atom stereocenters. The Hall–Kier alpha value is -2.01. The van der Waals surface area contributed by atoms with E-state index in [1.54, 1.807) is 0 Å². The van der Waals surface area contributed by atoms with Crippen LogP contribution in [-0.4, -0.2) is 29.1 Å². The van der Waals surface area contributed by atoms with Crippen molar-refractivity contribution in [1.82, 2.24) is 10.0 Å². The van der Waals surface area contributed by atoms with Crippen molar-refractivity contribution < 1.29 is 9.63 Å². The summed E-state index contributed by atoms with van der Waals surface area (Å²) in [7, 11) is 0. The van der Waals surface area contributed by atoms with Crippen molar-refractivity contribution in [3.05, 3.63) is 30.0 Å². The molecule has 0 radical (unpaired) electrons. The molecular formula is C13H15N3O2. The summed E-state index contributed by atoms with van der Waals surface area (Å²) in [5, 5.41) is 2.37. The number of aromatic nitrogens is 1. The first-order valence-corrected chi connectivity index (χ1v) is 6.07. The highest BCUT2D eigenvalue weighted by atomic mass is 16.7. The minimum absolute atomic E-state index is 0.121. The van der Waals surface area contributed by atoms with Gasteiger partial charge in [0.05, 0.1) is 6.61 Å². The number of aromatic amines is 1. The van der Waals surface area contributed by atoms with Crippen molar-refractivity contribution in [2.24, 2.45) is 0 Å². The average Bonchev–Trinajstić information content (AvgIpc) is 2.81. The lowest BCUT2D eigenvalue weighted by Gasteiger charge is -2.25. The standard InChI is InChI=1S/C13H15N3O2/c14-10-3-4-11-9(7-10)8-12(15-11)13(17)16-5-1-2-6-18-16/h3-4,7-8,15H,1-2,5-6,14H2. The second-order valence-electron chi connectivity index (χ2n) is 4.48. The highest BCUT2D eigenvalue weighted by Gasteiger charge is 2.20. The van der Waals surface area contributed by atoms with Crippen molar-refractivity contribution >= 4 is 22.5 Å². The molecular weight excluding hydrogens is 230 g/mol. The quantitative estimate of drug-likeness (QED) is 0.754. The molecule has 1 aliphatic heterocycles. The predicted molar refractivity (Wildman–Crippen MR) is 68.9 cm³/mol. The number of nitrogens with one attached hydrogen (secondary N) is 1. The third-order valence-corrected chi connectivity index (χ3v) is 3.10. The Bertz CT molecular complexity index is 585. The molecule has 0 bridgehead atoms. The van der Waals surface area contributed by atoms with Crippen molar-refractivity contribution in [3.63, 3.8) is 0 Å². The Labute approximate surface area is 104 Å². The third kappa shape index (κ3) is 1.93. The SMILES string of the molecule is Nc1ccc2[nH]c(C(=O)N3CCCCO3)cc2c1. The molecule has 5 heteroatoms. The summed E-state index contributed by atoms with van der Waals surface area (Å²) in [5.41, 5.74) is 7.85. The number of hydroxylamine groups is 2. The van der Waals surface area contributed by atoms with Crippen LogP contribution < -0.4 is 5.73 Å². The summed E-state index contributed by atoms with van der Waals surface area (Å²) >= 11 is 0. The first kappa shape index (κ1) is 11.1. The molecule has 94 valence electrons. The lowest BCUT2D eigenvalue weighted by molar-refractivity contribution is -0.144. The maximum Gasteiger partial charge on any atom is 0.293 e. The normalized spacial score (nSPS) is 16.1. The van der Waals surface area contributed by atoms with E-state index in [-0.39, 0.29) is 5.91 Å². The number of H-pyrrole nitrogens is 1. The summed E-state index contributed by atoms with van der Waals surface area (Å²) < 4.78 is 0. The van der Waals surface area contributed by atoms with Gasteiger partial charge in [-0.1, -0.05) is 0 Å². The Morgan fingerprint density at radius 2 is 2.22 bits per heavy atom. The van der Waals surface area contributed by atoms with Gasteiger partial charge >= 0.3 is 0 Å². The number of benzene rings is 1. The van der Waals surface area contributed by atoms with Crippen LogP contribution in [-0.2, 0) is 4.84 Å². The van der Waals surface area contributed by atoms with E-state index in [1.807, 2.05) is 24.3 Å². The number of fused-ring (bicyclic) bond motifs is 1. The molecule has 18 heavy (non-hydrogen) atoms. The van der Waals surface area contributed by atoms with Crippen molar-refractivity contribution in [1.29, 1.82) is 0 Å². The number of nitrogens with zero attached hydrogens (tertiary/aromatic N) is 1. The van der Waals surface area contributed by atoms with Crippen LogP contribution in [0.4, 0.5) is 5.69 Å². The van der Waals surface area contributed by atoms with E-state index in [0.29, 0.717) is 24.5 Å². The topological polar surface area (TPSA) is 71.4 Å². The maximum atomic E-state index is 12.2.